The van der Waals surface area contributed by atoms with Crippen LogP contribution in [0.25, 0.3) is 0 Å². The minimum Gasteiger partial charge on any atom is -0.497 e. The molecule has 0 spiro atoms. The minimum atomic E-state index is -0.506. The number of hydrogen-bond donors (Lipinski definition) is 0. The monoisotopic (exact) mass is 398 g/mol. The van der Waals surface area contributed by atoms with Crippen molar-refractivity contribution in [3.63, 3.8) is 0 Å². The fourth-order valence-corrected chi connectivity index (χ4v) is 4.34. The topological polar surface area (TPSA) is 69.5 Å². The lowest BCUT2D eigenvalue weighted by Crippen LogP contribution is -2.39. The van der Waals surface area contributed by atoms with Gasteiger partial charge in [0, 0.05) is 19.5 Å². The smallest absolute Gasteiger partial charge is 0.252 e. The quantitative estimate of drug-likeness (QED) is 0.747. The summed E-state index contributed by atoms with van der Waals surface area (Å²) in [7, 11) is 1.64. The number of aryl methyl sites for hydroxylation is 1. The number of rotatable bonds is 6. The van der Waals surface area contributed by atoms with Crippen LogP contribution in [-0.4, -0.2) is 45.3 Å². The summed E-state index contributed by atoms with van der Waals surface area (Å²) >= 11 is 0. The third-order valence-corrected chi connectivity index (χ3v) is 5.95. The summed E-state index contributed by atoms with van der Waals surface area (Å²) in [5.41, 5.74) is 0.991. The molecule has 1 aromatic carbocycles. The van der Waals surface area contributed by atoms with E-state index in [1.807, 2.05) is 36.1 Å². The first-order valence-corrected chi connectivity index (χ1v) is 10.6. The normalized spacial score (nSPS) is 20.2. The van der Waals surface area contributed by atoms with Gasteiger partial charge in [-0.05, 0) is 50.3 Å². The van der Waals surface area contributed by atoms with Gasteiger partial charge in [-0.15, -0.1) is 10.2 Å². The molecule has 0 unspecified atom stereocenters. The first kappa shape index (κ1) is 19.9. The zero-order chi connectivity index (χ0) is 20.2. The van der Waals surface area contributed by atoms with Crippen LogP contribution in [0.3, 0.4) is 0 Å². The lowest BCUT2D eigenvalue weighted by Gasteiger charge is -2.27. The molecule has 0 bridgehead atoms. The number of fused-ring (bicyclic) bond motifs is 1. The predicted octanol–water partition coefficient (Wildman–Crippen LogP) is 3.28. The van der Waals surface area contributed by atoms with Crippen molar-refractivity contribution in [2.24, 2.45) is 0 Å². The van der Waals surface area contributed by atoms with Gasteiger partial charge in [0.05, 0.1) is 19.8 Å². The van der Waals surface area contributed by atoms with Crippen molar-refractivity contribution in [1.82, 2.24) is 19.7 Å². The summed E-state index contributed by atoms with van der Waals surface area (Å²) in [5, 5.41) is 8.91. The number of carbonyl (C=O) groups excluding carboxylic acids is 1. The van der Waals surface area contributed by atoms with Gasteiger partial charge >= 0.3 is 0 Å². The molecule has 0 saturated carbocycles. The van der Waals surface area contributed by atoms with E-state index in [1.54, 1.807) is 7.11 Å². The van der Waals surface area contributed by atoms with Crippen molar-refractivity contribution in [2.45, 2.75) is 70.7 Å². The van der Waals surface area contributed by atoms with Gasteiger partial charge in [0.15, 0.2) is 5.82 Å². The van der Waals surface area contributed by atoms with Crippen molar-refractivity contribution in [2.75, 3.05) is 13.7 Å². The average molecular weight is 399 g/mol. The Morgan fingerprint density at radius 2 is 2.10 bits per heavy atom. The standard InChI is InChI=1S/C22H30N4O3/c1-16(29-15-17-8-6-9-18(14-17)28-2)22(27)25-13-7-10-19(25)21-24-23-20-11-4-3-5-12-26(20)21/h6,8-9,14,16,19H,3-5,7,10-13,15H2,1-2H3/t16-,19-/m1/s1. The molecule has 0 aliphatic carbocycles. The molecule has 29 heavy (non-hydrogen) atoms. The molecule has 2 aromatic rings. The molecule has 3 heterocycles. The first-order chi connectivity index (χ1) is 14.2. The summed E-state index contributed by atoms with van der Waals surface area (Å²) in [6.45, 7) is 3.92. The highest BCUT2D eigenvalue weighted by Gasteiger charge is 2.36. The minimum absolute atomic E-state index is 0.00437. The van der Waals surface area contributed by atoms with Crippen molar-refractivity contribution in [3.05, 3.63) is 41.5 Å². The second-order valence-electron chi connectivity index (χ2n) is 7.93. The highest BCUT2D eigenvalue weighted by atomic mass is 16.5. The average Bonchev–Trinajstić information content (AvgIpc) is 3.32. The van der Waals surface area contributed by atoms with Gasteiger partial charge in [0.25, 0.3) is 5.91 Å². The molecule has 2 aliphatic heterocycles. The molecule has 4 rings (SSSR count). The van der Waals surface area contributed by atoms with Gasteiger partial charge < -0.3 is 18.9 Å². The molecular formula is C22H30N4O3. The Balaban J connectivity index is 1.43. The summed E-state index contributed by atoms with van der Waals surface area (Å²) in [6.07, 6.45) is 5.94. The Hall–Kier alpha value is -2.41. The number of aromatic nitrogens is 3. The van der Waals surface area contributed by atoms with Crippen LogP contribution in [0.4, 0.5) is 0 Å². The van der Waals surface area contributed by atoms with Crippen LogP contribution >= 0.6 is 0 Å². The Kier molecular flexibility index (Phi) is 6.13. The van der Waals surface area contributed by atoms with E-state index < -0.39 is 6.10 Å². The van der Waals surface area contributed by atoms with Crippen molar-refractivity contribution in [3.8, 4) is 5.75 Å². The lowest BCUT2D eigenvalue weighted by atomic mass is 10.2. The molecule has 1 amide bonds. The number of amides is 1. The maximum Gasteiger partial charge on any atom is 0.252 e. The second kappa shape index (κ2) is 8.95. The highest BCUT2D eigenvalue weighted by Crippen LogP contribution is 2.33. The molecule has 0 N–H and O–H groups in total. The van der Waals surface area contributed by atoms with Gasteiger partial charge in [-0.3, -0.25) is 4.79 Å². The molecule has 2 atom stereocenters. The largest absolute Gasteiger partial charge is 0.497 e. The van der Waals surface area contributed by atoms with Crippen LogP contribution in [-0.2, 0) is 29.1 Å². The first-order valence-electron chi connectivity index (χ1n) is 10.6. The van der Waals surface area contributed by atoms with E-state index >= 15 is 0 Å². The predicted molar refractivity (Wildman–Crippen MR) is 109 cm³/mol. The van der Waals surface area contributed by atoms with Gasteiger partial charge in [-0.2, -0.15) is 0 Å². The van der Waals surface area contributed by atoms with Gasteiger partial charge in [0.2, 0.25) is 0 Å². The number of ether oxygens (including phenoxy) is 2. The number of hydrogen-bond acceptors (Lipinski definition) is 5. The van der Waals surface area contributed by atoms with E-state index in [0.717, 1.165) is 61.7 Å². The number of methoxy groups -OCH3 is 1. The zero-order valence-electron chi connectivity index (χ0n) is 17.3. The number of benzene rings is 1. The summed E-state index contributed by atoms with van der Waals surface area (Å²) in [5.74, 6) is 2.84. The van der Waals surface area contributed by atoms with Gasteiger partial charge in [-0.25, -0.2) is 0 Å². The van der Waals surface area contributed by atoms with Crippen LogP contribution in [0.15, 0.2) is 24.3 Å². The van der Waals surface area contributed by atoms with Crippen LogP contribution in [0.1, 0.15) is 62.3 Å². The fraction of sp³-hybridized carbons (Fsp3) is 0.591. The van der Waals surface area contributed by atoms with Crippen LogP contribution < -0.4 is 4.74 Å². The van der Waals surface area contributed by atoms with Gasteiger partial charge in [0.1, 0.15) is 17.7 Å². The SMILES string of the molecule is COc1cccc(CO[C@H](C)C(=O)N2CCC[C@@H]2c2nnc3n2CCCCC3)c1. The molecule has 2 aliphatic rings. The van der Waals surface area contributed by atoms with E-state index in [2.05, 4.69) is 14.8 Å². The number of likely N-dealkylation sites (tertiary alicyclic amines) is 1. The van der Waals surface area contributed by atoms with E-state index in [4.69, 9.17) is 9.47 Å². The zero-order valence-corrected chi connectivity index (χ0v) is 17.3. The highest BCUT2D eigenvalue weighted by molar-refractivity contribution is 5.81. The van der Waals surface area contributed by atoms with Crippen molar-refractivity contribution < 1.29 is 14.3 Å². The Morgan fingerprint density at radius 3 is 2.97 bits per heavy atom. The molecule has 7 heteroatoms. The van der Waals surface area contributed by atoms with E-state index in [-0.39, 0.29) is 11.9 Å². The fourth-order valence-electron chi connectivity index (χ4n) is 4.34. The van der Waals surface area contributed by atoms with E-state index in [1.165, 1.54) is 12.8 Å². The summed E-state index contributed by atoms with van der Waals surface area (Å²) < 4.78 is 13.4. The lowest BCUT2D eigenvalue weighted by molar-refractivity contribution is -0.144. The third-order valence-electron chi connectivity index (χ3n) is 5.95. The van der Waals surface area contributed by atoms with E-state index in [0.29, 0.717) is 6.61 Å². The van der Waals surface area contributed by atoms with Crippen LogP contribution in [0.5, 0.6) is 5.75 Å². The molecule has 1 saturated heterocycles. The molecule has 1 fully saturated rings. The molecule has 0 radical (unpaired) electrons. The molecule has 1 aromatic heterocycles. The van der Waals surface area contributed by atoms with Crippen LogP contribution in [0, 0.1) is 0 Å². The maximum absolute atomic E-state index is 13.2. The van der Waals surface area contributed by atoms with Crippen molar-refractivity contribution >= 4 is 5.91 Å². The Bertz CT molecular complexity index is 850. The van der Waals surface area contributed by atoms with Gasteiger partial charge in [-0.1, -0.05) is 18.6 Å². The molecular weight excluding hydrogens is 368 g/mol. The second-order valence-corrected chi connectivity index (χ2v) is 7.93. The Labute approximate surface area is 172 Å². The van der Waals surface area contributed by atoms with Crippen molar-refractivity contribution in [1.29, 1.82) is 0 Å². The maximum atomic E-state index is 13.2. The molecule has 7 nitrogen and oxygen atoms in total. The Morgan fingerprint density at radius 1 is 1.21 bits per heavy atom. The number of nitrogens with zero attached hydrogens (tertiary/aromatic N) is 4. The summed E-state index contributed by atoms with van der Waals surface area (Å²) in [4.78, 5) is 15.1. The number of carbonyl (C=O) groups is 1. The van der Waals surface area contributed by atoms with Crippen LogP contribution in [0.2, 0.25) is 0 Å². The van der Waals surface area contributed by atoms with E-state index in [9.17, 15) is 4.79 Å². The third kappa shape index (κ3) is 4.29. The molecule has 156 valence electrons. The summed E-state index contributed by atoms with van der Waals surface area (Å²) in [6, 6.07) is 7.74.